The van der Waals surface area contributed by atoms with Crippen molar-refractivity contribution in [2.75, 3.05) is 39.3 Å². The zero-order valence-electron chi connectivity index (χ0n) is 16.9. The molecule has 0 aliphatic carbocycles. The van der Waals surface area contributed by atoms with E-state index in [2.05, 4.69) is 26.4 Å². The van der Waals surface area contributed by atoms with Gasteiger partial charge in [0.2, 0.25) is 11.8 Å². The minimum absolute atomic E-state index is 0.219. The lowest BCUT2D eigenvalue weighted by atomic mass is 10.1. The lowest BCUT2D eigenvalue weighted by molar-refractivity contribution is -0.130. The van der Waals surface area contributed by atoms with Crippen LogP contribution in [0, 0.1) is 0 Å². The van der Waals surface area contributed by atoms with Gasteiger partial charge >= 0.3 is 0 Å². The largest absolute Gasteiger partial charge is 0.394 e. The summed E-state index contributed by atoms with van der Waals surface area (Å²) in [5.41, 5.74) is 7.75. The zero-order valence-corrected chi connectivity index (χ0v) is 16.9. The van der Waals surface area contributed by atoms with Crippen LogP contribution in [0.2, 0.25) is 0 Å². The Morgan fingerprint density at radius 3 is 2.43 bits per heavy atom. The monoisotopic (exact) mass is 401 g/mol. The van der Waals surface area contributed by atoms with Crippen molar-refractivity contribution >= 4 is 18.2 Å². The molecule has 2 amide bonds. The van der Waals surface area contributed by atoms with E-state index in [1.807, 2.05) is 0 Å². The maximum Gasteiger partial charge on any atom is 0.244 e. The number of hydrogen-bond acceptors (Lipinski definition) is 7. The van der Waals surface area contributed by atoms with Crippen LogP contribution in [0.3, 0.4) is 0 Å². The number of hydrazine groups is 1. The highest BCUT2D eigenvalue weighted by atomic mass is 16.3. The van der Waals surface area contributed by atoms with Crippen molar-refractivity contribution in [2.45, 2.75) is 57.4 Å². The van der Waals surface area contributed by atoms with Crippen LogP contribution in [-0.4, -0.2) is 68.6 Å². The van der Waals surface area contributed by atoms with E-state index >= 15 is 0 Å². The van der Waals surface area contributed by atoms with E-state index in [0.717, 1.165) is 58.0 Å². The topological polar surface area (TPSA) is 167 Å². The van der Waals surface area contributed by atoms with Crippen LogP contribution >= 0.6 is 0 Å². The number of aliphatic imine (C=N–C) groups is 1. The molecule has 0 saturated heterocycles. The lowest BCUT2D eigenvalue weighted by Crippen LogP contribution is -2.49. The summed E-state index contributed by atoms with van der Waals surface area (Å²) in [7, 11) is 0. The second-order valence-electron chi connectivity index (χ2n) is 6.56. The maximum atomic E-state index is 12.0. The Labute approximate surface area is 168 Å². The van der Waals surface area contributed by atoms with E-state index in [0.29, 0.717) is 26.1 Å². The van der Waals surface area contributed by atoms with E-state index in [1.165, 1.54) is 6.34 Å². The van der Waals surface area contributed by atoms with Crippen molar-refractivity contribution < 1.29 is 14.7 Å². The van der Waals surface area contributed by atoms with Gasteiger partial charge in [0.05, 0.1) is 12.9 Å². The summed E-state index contributed by atoms with van der Waals surface area (Å²) in [5.74, 6) is 4.49. The van der Waals surface area contributed by atoms with Crippen molar-refractivity contribution in [3.05, 3.63) is 0 Å². The molecule has 0 saturated carbocycles. The highest BCUT2D eigenvalue weighted by molar-refractivity contribution is 5.87. The fourth-order valence-corrected chi connectivity index (χ4v) is 2.48. The number of aliphatic hydroxyl groups excluding tert-OH is 1. The molecule has 10 heteroatoms. The molecule has 0 radical (unpaired) electrons. The average Bonchev–Trinajstić information content (AvgIpc) is 2.70. The number of carbonyl (C=O) groups excluding carboxylic acids is 2. The molecule has 0 aromatic heterocycles. The molecule has 164 valence electrons. The Morgan fingerprint density at radius 1 is 1.00 bits per heavy atom. The van der Waals surface area contributed by atoms with Gasteiger partial charge in [-0.15, -0.1) is 0 Å². The van der Waals surface area contributed by atoms with Crippen LogP contribution in [0.15, 0.2) is 4.99 Å². The summed E-state index contributed by atoms with van der Waals surface area (Å²) in [6, 6.07) is -0.895. The fraction of sp³-hybridized carbons (Fsp3) is 0.833. The van der Waals surface area contributed by atoms with Gasteiger partial charge < -0.3 is 32.2 Å². The Balaban J connectivity index is 3.73. The summed E-state index contributed by atoms with van der Waals surface area (Å²) in [4.78, 5) is 28.0. The molecule has 0 fully saturated rings. The van der Waals surface area contributed by atoms with E-state index in [1.54, 1.807) is 0 Å². The number of nitrogens with two attached hydrogens (primary N) is 2. The number of hydrogen-bond donors (Lipinski definition) is 7. The average molecular weight is 402 g/mol. The van der Waals surface area contributed by atoms with Crippen molar-refractivity contribution in [1.29, 1.82) is 0 Å². The normalized spacial score (nSPS) is 12.1. The molecule has 10 nitrogen and oxygen atoms in total. The molecule has 28 heavy (non-hydrogen) atoms. The molecule has 9 N–H and O–H groups in total. The van der Waals surface area contributed by atoms with Gasteiger partial charge in [-0.1, -0.05) is 12.8 Å². The summed E-state index contributed by atoms with van der Waals surface area (Å²) in [5, 5.41) is 18.0. The maximum absolute atomic E-state index is 12.0. The van der Waals surface area contributed by atoms with Gasteiger partial charge in [-0.05, 0) is 51.7 Å². The van der Waals surface area contributed by atoms with Crippen molar-refractivity contribution in [2.24, 2.45) is 16.6 Å². The van der Waals surface area contributed by atoms with Crippen molar-refractivity contribution in [1.82, 2.24) is 21.4 Å². The quantitative estimate of drug-likeness (QED) is 0.0466. The van der Waals surface area contributed by atoms with Crippen LogP contribution in [0.4, 0.5) is 0 Å². The third-order valence-electron chi connectivity index (χ3n) is 4.08. The third kappa shape index (κ3) is 16.4. The first kappa shape index (κ1) is 26.2. The van der Waals surface area contributed by atoms with Crippen molar-refractivity contribution in [3.8, 4) is 0 Å². The molecule has 0 bridgehead atoms. The number of aliphatic hydroxyl groups is 1. The molecule has 0 heterocycles. The smallest absolute Gasteiger partial charge is 0.244 e. The zero-order chi connectivity index (χ0) is 20.9. The highest BCUT2D eigenvalue weighted by Gasteiger charge is 2.18. The van der Waals surface area contributed by atoms with Crippen molar-refractivity contribution in [3.63, 3.8) is 0 Å². The molecule has 0 spiro atoms. The van der Waals surface area contributed by atoms with Gasteiger partial charge in [-0.25, -0.2) is 5.84 Å². The van der Waals surface area contributed by atoms with Crippen LogP contribution in [0.5, 0.6) is 0 Å². The van der Waals surface area contributed by atoms with Gasteiger partial charge in [0, 0.05) is 19.5 Å². The summed E-state index contributed by atoms with van der Waals surface area (Å²) >= 11 is 0. The first-order chi connectivity index (χ1) is 13.7. The molecule has 0 aliphatic heterocycles. The number of amides is 2. The molecule has 0 aromatic rings. The second kappa shape index (κ2) is 20.0. The number of carbonyl (C=O) groups is 2. The van der Waals surface area contributed by atoms with Gasteiger partial charge in [0.15, 0.2) is 0 Å². The minimum Gasteiger partial charge on any atom is -0.394 e. The van der Waals surface area contributed by atoms with Crippen LogP contribution in [0.1, 0.15) is 51.4 Å². The molecule has 0 rings (SSSR count). The molecule has 1 atom stereocenters. The molecule has 0 aromatic carbocycles. The first-order valence-corrected chi connectivity index (χ1v) is 10.2. The number of rotatable bonds is 19. The third-order valence-corrected chi connectivity index (χ3v) is 4.08. The molecule has 1 unspecified atom stereocenters. The van der Waals surface area contributed by atoms with Gasteiger partial charge in [-0.2, -0.15) is 0 Å². The van der Waals surface area contributed by atoms with E-state index in [9.17, 15) is 14.7 Å². The Hall–Kier alpha value is -1.75. The van der Waals surface area contributed by atoms with Gasteiger partial charge in [0.25, 0.3) is 0 Å². The predicted molar refractivity (Wildman–Crippen MR) is 112 cm³/mol. The molecular formula is C18H39N7O3. The molecular weight excluding hydrogens is 362 g/mol. The second-order valence-corrected chi connectivity index (χ2v) is 6.56. The predicted octanol–water partition coefficient (Wildman–Crippen LogP) is -1.26. The number of nitrogens with one attached hydrogen (secondary N) is 4. The Bertz CT molecular complexity index is 422. The Kier molecular flexibility index (Phi) is 18.7. The summed E-state index contributed by atoms with van der Waals surface area (Å²) in [6.07, 6.45) is 8.07. The van der Waals surface area contributed by atoms with Crippen LogP contribution in [-0.2, 0) is 9.59 Å². The van der Waals surface area contributed by atoms with Crippen LogP contribution < -0.4 is 33.0 Å². The van der Waals surface area contributed by atoms with E-state index in [4.69, 9.17) is 11.6 Å². The minimum atomic E-state index is -0.895. The van der Waals surface area contributed by atoms with Crippen LogP contribution in [0.25, 0.3) is 0 Å². The van der Waals surface area contributed by atoms with Gasteiger partial charge in [0.1, 0.15) is 6.04 Å². The summed E-state index contributed by atoms with van der Waals surface area (Å²) in [6.45, 7) is 3.28. The standard InChI is InChI=1S/C18H39N7O3/c19-9-7-12-21-10-5-6-13-23-18(28)16(14-26)25-17(27)8-3-1-2-4-11-22-15-24-20/h15-16,21,26H,1-14,19-20H2,(H,22,24)(H,23,28)(H,25,27). The van der Waals surface area contributed by atoms with E-state index < -0.39 is 12.6 Å². The number of unbranched alkanes of at least 4 members (excludes halogenated alkanes) is 4. The molecule has 0 aliphatic rings. The Morgan fingerprint density at radius 2 is 1.71 bits per heavy atom. The lowest BCUT2D eigenvalue weighted by Gasteiger charge is -2.16. The first-order valence-electron chi connectivity index (χ1n) is 10.2. The number of nitrogens with zero attached hydrogens (tertiary/aromatic N) is 1. The highest BCUT2D eigenvalue weighted by Crippen LogP contribution is 2.03. The summed E-state index contributed by atoms with van der Waals surface area (Å²) < 4.78 is 0. The van der Waals surface area contributed by atoms with Gasteiger partial charge in [-0.3, -0.25) is 14.6 Å². The SMILES string of the molecule is NCCCNCCCCNC(=O)C(CO)NC(=O)CCCCCCN=CNN. The fourth-order valence-electron chi connectivity index (χ4n) is 2.48. The van der Waals surface area contributed by atoms with E-state index in [-0.39, 0.29) is 11.8 Å².